The quantitative estimate of drug-likeness (QED) is 0.520. The summed E-state index contributed by atoms with van der Waals surface area (Å²) in [6.45, 7) is 6.45. The predicted octanol–water partition coefficient (Wildman–Crippen LogP) is 3.54. The highest BCUT2D eigenvalue weighted by atomic mass is 19.1. The maximum absolute atomic E-state index is 13.6. The summed E-state index contributed by atoms with van der Waals surface area (Å²) >= 11 is 0. The molecule has 0 spiro atoms. The second-order valence-corrected chi connectivity index (χ2v) is 8.33. The fraction of sp³-hybridized carbons (Fsp3) is 0.522. The third-order valence-corrected chi connectivity index (χ3v) is 5.79. The van der Waals surface area contributed by atoms with Crippen molar-refractivity contribution in [2.24, 2.45) is 17.8 Å². The number of likely N-dealkylation sites (N-methyl/N-ethyl adjacent to an activating group) is 1. The van der Waals surface area contributed by atoms with Crippen LogP contribution in [0.5, 0.6) is 0 Å². The van der Waals surface area contributed by atoms with Gasteiger partial charge in [0.1, 0.15) is 11.9 Å². The van der Waals surface area contributed by atoms with E-state index in [0.717, 1.165) is 0 Å². The van der Waals surface area contributed by atoms with Crippen LogP contribution in [0.15, 0.2) is 36.4 Å². The van der Waals surface area contributed by atoms with E-state index in [9.17, 15) is 18.8 Å². The third-order valence-electron chi connectivity index (χ3n) is 5.79. The summed E-state index contributed by atoms with van der Waals surface area (Å²) in [6.07, 6.45) is 5.40. The zero-order chi connectivity index (χ0) is 21.1. The largest absolute Gasteiger partial charge is 0.337 e. The van der Waals surface area contributed by atoms with E-state index in [2.05, 4.69) is 0 Å². The second kappa shape index (κ2) is 8.89. The Morgan fingerprint density at radius 2 is 1.79 bits per heavy atom. The molecular formula is C23H29FN2O3. The van der Waals surface area contributed by atoms with Gasteiger partial charge < -0.3 is 4.90 Å². The lowest BCUT2D eigenvalue weighted by molar-refractivity contribution is -0.152. The summed E-state index contributed by atoms with van der Waals surface area (Å²) in [5, 5.41) is 0. The average molecular weight is 400 g/mol. The molecule has 1 saturated heterocycles. The Bertz CT molecular complexity index is 794. The molecule has 0 saturated carbocycles. The summed E-state index contributed by atoms with van der Waals surface area (Å²) in [4.78, 5) is 42.4. The van der Waals surface area contributed by atoms with Gasteiger partial charge in [-0.05, 0) is 49.8 Å². The number of likely N-dealkylation sites (tertiary alicyclic amines) is 1. The molecule has 0 radical (unpaired) electrons. The number of hydrogen-bond acceptors (Lipinski definition) is 3. The molecule has 6 heteroatoms. The fourth-order valence-electron chi connectivity index (χ4n) is 4.31. The van der Waals surface area contributed by atoms with Gasteiger partial charge >= 0.3 is 0 Å². The van der Waals surface area contributed by atoms with Crippen LogP contribution in [0.2, 0.25) is 0 Å². The number of allylic oxidation sites excluding steroid dienone is 2. The Morgan fingerprint density at radius 1 is 1.17 bits per heavy atom. The van der Waals surface area contributed by atoms with Crippen molar-refractivity contribution < 1.29 is 18.8 Å². The molecule has 1 aromatic rings. The second-order valence-electron chi connectivity index (χ2n) is 8.33. The molecule has 1 aliphatic heterocycles. The molecule has 3 atom stereocenters. The van der Waals surface area contributed by atoms with Crippen LogP contribution in [0, 0.1) is 23.6 Å². The number of hydrogen-bond donors (Lipinski definition) is 0. The number of carbonyl (C=O) groups is 3. The van der Waals surface area contributed by atoms with E-state index in [1.807, 2.05) is 32.9 Å². The molecule has 1 aromatic carbocycles. The van der Waals surface area contributed by atoms with Gasteiger partial charge in [-0.2, -0.15) is 0 Å². The number of imide groups is 1. The minimum absolute atomic E-state index is 0.137. The predicted molar refractivity (Wildman–Crippen MR) is 108 cm³/mol. The van der Waals surface area contributed by atoms with Crippen LogP contribution >= 0.6 is 0 Å². The zero-order valence-corrected chi connectivity index (χ0v) is 17.3. The van der Waals surface area contributed by atoms with Crippen molar-refractivity contribution in [1.82, 2.24) is 9.80 Å². The van der Waals surface area contributed by atoms with E-state index < -0.39 is 6.04 Å². The van der Waals surface area contributed by atoms with Crippen LogP contribution in [0.25, 0.3) is 0 Å². The first-order chi connectivity index (χ1) is 13.8. The Kier molecular flexibility index (Phi) is 6.50. The molecule has 5 nitrogen and oxygen atoms in total. The van der Waals surface area contributed by atoms with E-state index in [4.69, 9.17) is 0 Å². The highest BCUT2D eigenvalue weighted by Crippen LogP contribution is 2.37. The van der Waals surface area contributed by atoms with Crippen molar-refractivity contribution in [1.29, 1.82) is 0 Å². The molecule has 3 amide bonds. The molecule has 156 valence electrons. The monoisotopic (exact) mass is 400 g/mol. The first kappa shape index (κ1) is 21.2. The minimum Gasteiger partial charge on any atom is -0.337 e. The normalized spacial score (nSPS) is 22.2. The molecule has 1 aliphatic carbocycles. The van der Waals surface area contributed by atoms with Crippen molar-refractivity contribution in [2.45, 2.75) is 52.6 Å². The minimum atomic E-state index is -0.811. The van der Waals surface area contributed by atoms with Crippen molar-refractivity contribution in [3.63, 3.8) is 0 Å². The van der Waals surface area contributed by atoms with Crippen molar-refractivity contribution in [3.8, 4) is 0 Å². The lowest BCUT2D eigenvalue weighted by Crippen LogP contribution is -2.51. The summed E-state index contributed by atoms with van der Waals surface area (Å²) in [7, 11) is 0. The molecule has 2 aliphatic rings. The van der Waals surface area contributed by atoms with Gasteiger partial charge in [0.25, 0.3) is 0 Å². The lowest BCUT2D eigenvalue weighted by atomic mass is 9.85. The van der Waals surface area contributed by atoms with E-state index in [0.29, 0.717) is 31.4 Å². The smallest absolute Gasteiger partial charge is 0.246 e. The van der Waals surface area contributed by atoms with Gasteiger partial charge in [-0.3, -0.25) is 19.3 Å². The van der Waals surface area contributed by atoms with Gasteiger partial charge in [-0.15, -0.1) is 0 Å². The number of nitrogens with zero attached hydrogens (tertiary/aromatic N) is 2. The van der Waals surface area contributed by atoms with Crippen LogP contribution < -0.4 is 0 Å². The topological polar surface area (TPSA) is 57.7 Å². The van der Waals surface area contributed by atoms with Crippen molar-refractivity contribution in [2.75, 3.05) is 6.54 Å². The Hall–Kier alpha value is -2.50. The van der Waals surface area contributed by atoms with Gasteiger partial charge in [0.15, 0.2) is 0 Å². The lowest BCUT2D eigenvalue weighted by Gasteiger charge is -2.32. The molecule has 1 fully saturated rings. The summed E-state index contributed by atoms with van der Waals surface area (Å²) in [6, 6.07) is 5.33. The van der Waals surface area contributed by atoms with E-state index in [-0.39, 0.29) is 47.8 Å². The van der Waals surface area contributed by atoms with Crippen LogP contribution in [0.3, 0.4) is 0 Å². The summed E-state index contributed by atoms with van der Waals surface area (Å²) < 4.78 is 13.6. The van der Waals surface area contributed by atoms with Gasteiger partial charge in [0.2, 0.25) is 17.7 Å². The Labute approximate surface area is 171 Å². The maximum Gasteiger partial charge on any atom is 0.246 e. The first-order valence-electron chi connectivity index (χ1n) is 10.4. The number of amides is 3. The molecule has 0 bridgehead atoms. The van der Waals surface area contributed by atoms with Crippen molar-refractivity contribution >= 4 is 17.7 Å². The SMILES string of the molecule is CCN(Cc1cccc(F)c1)C(=O)C(CC(C)C)N1C(=O)C2CC=CCC2C1=O. The molecule has 3 unspecified atom stereocenters. The summed E-state index contributed by atoms with van der Waals surface area (Å²) in [5.41, 5.74) is 0.681. The molecule has 0 N–H and O–H groups in total. The van der Waals surface area contributed by atoms with Gasteiger partial charge in [0, 0.05) is 13.1 Å². The number of rotatable bonds is 7. The number of fused-ring (bicyclic) bond motifs is 1. The molecule has 0 aromatic heterocycles. The maximum atomic E-state index is 13.6. The van der Waals surface area contributed by atoms with Gasteiger partial charge in [0.05, 0.1) is 11.8 Å². The van der Waals surface area contributed by atoms with E-state index >= 15 is 0 Å². The fourth-order valence-corrected chi connectivity index (χ4v) is 4.31. The molecule has 29 heavy (non-hydrogen) atoms. The number of benzene rings is 1. The van der Waals surface area contributed by atoms with Gasteiger partial charge in [-0.1, -0.05) is 38.1 Å². The summed E-state index contributed by atoms with van der Waals surface area (Å²) in [5.74, 6) is -1.64. The van der Waals surface area contributed by atoms with E-state index in [1.54, 1.807) is 17.0 Å². The van der Waals surface area contributed by atoms with Crippen molar-refractivity contribution in [3.05, 3.63) is 47.8 Å². The highest BCUT2D eigenvalue weighted by Gasteiger charge is 2.51. The number of carbonyl (C=O) groups excluding carboxylic acids is 3. The number of halogens is 1. The third kappa shape index (κ3) is 4.41. The standard InChI is InChI=1S/C23H29FN2O3/c1-4-25(14-16-8-7-9-17(24)13-16)23(29)20(12-15(2)3)26-21(27)18-10-5-6-11-19(18)22(26)28/h5-9,13,15,18-20H,4,10-12,14H2,1-3H3. The van der Waals surface area contributed by atoms with Crippen LogP contribution in [0.1, 0.15) is 45.6 Å². The zero-order valence-electron chi connectivity index (χ0n) is 17.3. The van der Waals surface area contributed by atoms with Crippen LogP contribution in [-0.2, 0) is 20.9 Å². The highest BCUT2D eigenvalue weighted by molar-refractivity contribution is 6.08. The molecular weight excluding hydrogens is 371 g/mol. The van der Waals surface area contributed by atoms with Gasteiger partial charge in [-0.25, -0.2) is 4.39 Å². The molecule has 3 rings (SSSR count). The Balaban J connectivity index is 1.86. The van der Waals surface area contributed by atoms with Crippen LogP contribution in [-0.4, -0.2) is 40.1 Å². The average Bonchev–Trinajstić information content (AvgIpc) is 2.94. The van der Waals surface area contributed by atoms with E-state index in [1.165, 1.54) is 17.0 Å². The molecule has 1 heterocycles. The Morgan fingerprint density at radius 3 is 2.31 bits per heavy atom. The first-order valence-corrected chi connectivity index (χ1v) is 10.4. The van der Waals surface area contributed by atoms with Crippen LogP contribution in [0.4, 0.5) is 4.39 Å².